The van der Waals surface area contributed by atoms with E-state index in [0.717, 1.165) is 0 Å². The maximum atomic E-state index is 10.5. The summed E-state index contributed by atoms with van der Waals surface area (Å²) in [5.74, 6) is 0.693. The van der Waals surface area contributed by atoms with E-state index in [-0.39, 0.29) is 17.1 Å². The highest BCUT2D eigenvalue weighted by Crippen LogP contribution is 2.20. The molecule has 0 aliphatic rings. The molecule has 0 radical (unpaired) electrons. The molecule has 0 spiro atoms. The number of hydrogen-bond donors (Lipinski definition) is 1. The fourth-order valence-corrected chi connectivity index (χ4v) is 1.03. The topological polar surface area (TPSA) is 37.3 Å². The van der Waals surface area contributed by atoms with Gasteiger partial charge in [0, 0.05) is 19.3 Å². The molecule has 0 saturated carbocycles. The minimum atomic E-state index is -0.129. The molecule has 0 aromatic heterocycles. The number of carbonyl (C=O) groups is 1. The second-order valence-electron chi connectivity index (χ2n) is 3.10. The summed E-state index contributed by atoms with van der Waals surface area (Å²) in [5, 5.41) is 8.89. The Morgan fingerprint density at radius 2 is 2.10 bits per heavy atom. The van der Waals surface area contributed by atoms with Crippen LogP contribution in [0.4, 0.5) is 0 Å². The smallest absolute Gasteiger partial charge is 0.185 e. The maximum Gasteiger partial charge on any atom is 0.185 e. The zero-order chi connectivity index (χ0) is 8.20. The summed E-state index contributed by atoms with van der Waals surface area (Å²) in [6, 6.07) is 0. The van der Waals surface area contributed by atoms with Gasteiger partial charge < -0.3 is 5.11 Å². The molecule has 0 aromatic rings. The molecule has 0 amide bonds. The van der Waals surface area contributed by atoms with Gasteiger partial charge >= 0.3 is 0 Å². The van der Waals surface area contributed by atoms with Gasteiger partial charge in [0.2, 0.25) is 0 Å². The quantitative estimate of drug-likeness (QED) is 0.679. The molecule has 0 rings (SSSR count). The summed E-state index contributed by atoms with van der Waals surface area (Å²) in [4.78, 5) is 10.5. The van der Waals surface area contributed by atoms with Gasteiger partial charge in [-0.25, -0.2) is 0 Å². The third-order valence-corrected chi connectivity index (χ3v) is 2.43. The molecular formula is C7H14O2S. The average molecular weight is 162 g/mol. The van der Waals surface area contributed by atoms with Crippen LogP contribution in [0, 0.1) is 5.41 Å². The van der Waals surface area contributed by atoms with E-state index < -0.39 is 0 Å². The van der Waals surface area contributed by atoms with Crippen molar-refractivity contribution < 1.29 is 9.90 Å². The number of hydrogen-bond acceptors (Lipinski definition) is 3. The maximum absolute atomic E-state index is 10.5. The van der Waals surface area contributed by atoms with Gasteiger partial charge in [0.05, 0.1) is 0 Å². The molecule has 60 valence electrons. The van der Waals surface area contributed by atoms with Crippen LogP contribution in [-0.4, -0.2) is 22.6 Å². The van der Waals surface area contributed by atoms with Crippen LogP contribution in [0.3, 0.4) is 0 Å². The Morgan fingerprint density at radius 1 is 1.60 bits per heavy atom. The number of aliphatic hydroxyl groups excluding tert-OH is 1. The molecule has 2 nitrogen and oxygen atoms in total. The lowest BCUT2D eigenvalue weighted by Crippen LogP contribution is -2.20. The Morgan fingerprint density at radius 3 is 2.40 bits per heavy atom. The van der Waals surface area contributed by atoms with Gasteiger partial charge in [-0.1, -0.05) is 25.6 Å². The molecule has 10 heavy (non-hydrogen) atoms. The lowest BCUT2D eigenvalue weighted by Gasteiger charge is -2.19. The first-order chi connectivity index (χ1) is 4.48. The fraction of sp³-hybridized carbons (Fsp3) is 0.857. The van der Waals surface area contributed by atoms with E-state index in [1.807, 2.05) is 13.8 Å². The molecule has 1 N–H and O–H groups in total. The number of carbonyl (C=O) groups excluding carboxylic acids is 1. The average Bonchev–Trinajstić information content (AvgIpc) is 1.85. The lowest BCUT2D eigenvalue weighted by atomic mass is 9.98. The second kappa shape index (κ2) is 3.98. The number of aliphatic hydroxyl groups is 1. The Hall–Kier alpha value is -0.0200. The van der Waals surface area contributed by atoms with Crippen molar-refractivity contribution in [3.8, 4) is 0 Å². The molecule has 0 saturated heterocycles. The highest BCUT2D eigenvalue weighted by atomic mass is 32.2. The van der Waals surface area contributed by atoms with Crippen molar-refractivity contribution >= 4 is 16.9 Å². The Balaban J connectivity index is 3.56. The SMILES string of the molecule is CC(=O)SCC(C)(C)CO. The van der Waals surface area contributed by atoms with Crippen molar-refractivity contribution in [3.05, 3.63) is 0 Å². The largest absolute Gasteiger partial charge is 0.396 e. The Kier molecular flexibility index (Phi) is 3.98. The minimum absolute atomic E-state index is 0.113. The zero-order valence-electron chi connectivity index (χ0n) is 6.68. The van der Waals surface area contributed by atoms with Crippen molar-refractivity contribution in [1.29, 1.82) is 0 Å². The first kappa shape index (κ1) is 9.98. The summed E-state index contributed by atoms with van der Waals surface area (Å²) in [6.45, 7) is 5.54. The molecule has 0 aromatic carbocycles. The molecule has 0 bridgehead atoms. The van der Waals surface area contributed by atoms with E-state index >= 15 is 0 Å². The molecule has 0 fully saturated rings. The summed E-state index contributed by atoms with van der Waals surface area (Å²) in [7, 11) is 0. The predicted molar refractivity (Wildman–Crippen MR) is 44.0 cm³/mol. The van der Waals surface area contributed by atoms with Crippen LogP contribution in [-0.2, 0) is 4.79 Å². The summed E-state index contributed by atoms with van der Waals surface area (Å²) in [5.41, 5.74) is -0.129. The number of rotatable bonds is 3. The van der Waals surface area contributed by atoms with E-state index in [4.69, 9.17) is 5.11 Å². The molecule has 0 aliphatic carbocycles. The van der Waals surface area contributed by atoms with Crippen LogP contribution in [0.5, 0.6) is 0 Å². The summed E-state index contributed by atoms with van der Waals surface area (Å²) < 4.78 is 0. The summed E-state index contributed by atoms with van der Waals surface area (Å²) in [6.07, 6.45) is 0. The molecule has 0 heterocycles. The van der Waals surface area contributed by atoms with Crippen LogP contribution in [0.2, 0.25) is 0 Å². The van der Waals surface area contributed by atoms with Crippen LogP contribution in [0.1, 0.15) is 20.8 Å². The van der Waals surface area contributed by atoms with Crippen molar-refractivity contribution in [2.75, 3.05) is 12.4 Å². The highest BCUT2D eigenvalue weighted by Gasteiger charge is 2.16. The minimum Gasteiger partial charge on any atom is -0.396 e. The van der Waals surface area contributed by atoms with Crippen LogP contribution in [0.15, 0.2) is 0 Å². The second-order valence-corrected chi connectivity index (χ2v) is 4.25. The standard InChI is InChI=1S/C7H14O2S/c1-6(9)10-5-7(2,3)4-8/h8H,4-5H2,1-3H3. The zero-order valence-corrected chi connectivity index (χ0v) is 7.49. The van der Waals surface area contributed by atoms with E-state index in [1.165, 1.54) is 18.7 Å². The highest BCUT2D eigenvalue weighted by molar-refractivity contribution is 8.13. The third-order valence-electron chi connectivity index (χ3n) is 1.09. The Bertz CT molecular complexity index is 121. The van der Waals surface area contributed by atoms with Gasteiger partial charge in [-0.05, 0) is 5.41 Å². The van der Waals surface area contributed by atoms with Gasteiger partial charge in [0.15, 0.2) is 5.12 Å². The van der Waals surface area contributed by atoms with E-state index in [1.54, 1.807) is 0 Å². The van der Waals surface area contributed by atoms with Crippen LogP contribution < -0.4 is 0 Å². The predicted octanol–water partition coefficient (Wildman–Crippen LogP) is 1.28. The fourth-order valence-electron chi connectivity index (χ4n) is 0.343. The van der Waals surface area contributed by atoms with Crippen molar-refractivity contribution in [3.63, 3.8) is 0 Å². The molecule has 3 heteroatoms. The lowest BCUT2D eigenvalue weighted by molar-refractivity contribution is -0.109. The van der Waals surface area contributed by atoms with Crippen molar-refractivity contribution in [2.45, 2.75) is 20.8 Å². The van der Waals surface area contributed by atoms with Gasteiger partial charge in [-0.3, -0.25) is 4.79 Å². The molecular weight excluding hydrogens is 148 g/mol. The van der Waals surface area contributed by atoms with Crippen molar-refractivity contribution in [1.82, 2.24) is 0 Å². The van der Waals surface area contributed by atoms with Gasteiger partial charge in [0.25, 0.3) is 0 Å². The summed E-state index contributed by atoms with van der Waals surface area (Å²) >= 11 is 1.26. The first-order valence-corrected chi connectivity index (χ1v) is 4.21. The monoisotopic (exact) mass is 162 g/mol. The molecule has 0 unspecified atom stereocenters. The van der Waals surface area contributed by atoms with E-state index in [2.05, 4.69) is 0 Å². The Labute approximate surface area is 66.0 Å². The first-order valence-electron chi connectivity index (χ1n) is 3.22. The van der Waals surface area contributed by atoms with E-state index in [9.17, 15) is 4.79 Å². The van der Waals surface area contributed by atoms with Gasteiger partial charge in [-0.2, -0.15) is 0 Å². The van der Waals surface area contributed by atoms with Crippen LogP contribution in [0.25, 0.3) is 0 Å². The van der Waals surface area contributed by atoms with E-state index in [0.29, 0.717) is 5.75 Å². The van der Waals surface area contributed by atoms with Crippen LogP contribution >= 0.6 is 11.8 Å². The van der Waals surface area contributed by atoms with Gasteiger partial charge in [-0.15, -0.1) is 0 Å². The molecule has 0 aliphatic heterocycles. The molecule has 0 atom stereocenters. The number of thioether (sulfide) groups is 1. The normalized spacial score (nSPS) is 11.6. The van der Waals surface area contributed by atoms with Crippen molar-refractivity contribution in [2.24, 2.45) is 5.41 Å². The van der Waals surface area contributed by atoms with Gasteiger partial charge in [0.1, 0.15) is 0 Å². The third kappa shape index (κ3) is 4.82.